The summed E-state index contributed by atoms with van der Waals surface area (Å²) in [5, 5.41) is 25.7. The number of nitro groups is 2. The Morgan fingerprint density at radius 1 is 1.26 bits per heavy atom. The highest BCUT2D eigenvalue weighted by molar-refractivity contribution is 5.88. The van der Waals surface area contributed by atoms with E-state index >= 15 is 0 Å². The highest BCUT2D eigenvalue weighted by atomic mass is 16.6. The van der Waals surface area contributed by atoms with Crippen molar-refractivity contribution in [2.75, 3.05) is 12.5 Å². The zero-order valence-electron chi connectivity index (χ0n) is 12.6. The summed E-state index contributed by atoms with van der Waals surface area (Å²) >= 11 is 0. The molecule has 0 spiro atoms. The Balaban J connectivity index is 2.93. The van der Waals surface area contributed by atoms with E-state index in [1.807, 2.05) is 6.92 Å². The Morgan fingerprint density at radius 2 is 1.96 bits per heavy atom. The fraction of sp³-hybridized carbons (Fsp3) is 0.385. The predicted octanol–water partition coefficient (Wildman–Crippen LogP) is 2.63. The Labute approximate surface area is 131 Å². The second kappa shape index (κ2) is 8.41. The molecule has 0 radical (unpaired) electrons. The van der Waals surface area contributed by atoms with Crippen LogP contribution in [-0.2, 0) is 9.53 Å². The van der Waals surface area contributed by atoms with Crippen LogP contribution < -0.4 is 5.43 Å². The summed E-state index contributed by atoms with van der Waals surface area (Å²) in [6.45, 7) is 1.82. The first kappa shape index (κ1) is 18.0. The van der Waals surface area contributed by atoms with Crippen LogP contribution in [0, 0.1) is 20.2 Å². The summed E-state index contributed by atoms with van der Waals surface area (Å²) in [5.74, 6) is -0.382. The van der Waals surface area contributed by atoms with Gasteiger partial charge in [-0.15, -0.1) is 0 Å². The van der Waals surface area contributed by atoms with Gasteiger partial charge in [0.05, 0.1) is 29.4 Å². The third kappa shape index (κ3) is 5.34. The first-order valence-corrected chi connectivity index (χ1v) is 6.70. The zero-order chi connectivity index (χ0) is 17.4. The molecular weight excluding hydrogens is 308 g/mol. The largest absolute Gasteiger partial charge is 0.469 e. The highest BCUT2D eigenvalue weighted by Gasteiger charge is 2.19. The minimum Gasteiger partial charge on any atom is -0.469 e. The molecule has 0 fully saturated rings. The standard InChI is InChI=1S/C13H16N4O6/c1-3-9(4-7-13(18)23-2)14-15-11-6-5-10(16(19)20)8-12(11)17(21)22/h5-6,8,15H,3-4,7H2,1-2H3/b14-9+. The molecule has 0 amide bonds. The molecule has 1 rings (SSSR count). The average Bonchev–Trinajstić information content (AvgIpc) is 2.54. The molecule has 10 heteroatoms. The maximum atomic E-state index is 11.1. The molecule has 0 saturated heterocycles. The van der Waals surface area contributed by atoms with Crippen LogP contribution in [0.1, 0.15) is 26.2 Å². The number of anilines is 1. The van der Waals surface area contributed by atoms with Crippen LogP contribution >= 0.6 is 0 Å². The SMILES string of the molecule is CC/C(CCC(=O)OC)=N\Nc1ccc([N+](=O)[O-])cc1[N+](=O)[O-]. The van der Waals surface area contributed by atoms with Crippen molar-refractivity contribution < 1.29 is 19.4 Å². The van der Waals surface area contributed by atoms with Crippen molar-refractivity contribution >= 4 is 28.7 Å². The van der Waals surface area contributed by atoms with Gasteiger partial charge in [0, 0.05) is 11.8 Å². The quantitative estimate of drug-likeness (QED) is 0.336. The van der Waals surface area contributed by atoms with Gasteiger partial charge in [-0.1, -0.05) is 6.92 Å². The van der Waals surface area contributed by atoms with Gasteiger partial charge in [0.15, 0.2) is 0 Å². The summed E-state index contributed by atoms with van der Waals surface area (Å²) in [5.41, 5.74) is 2.34. The molecule has 0 unspecified atom stereocenters. The normalized spacial score (nSPS) is 11.0. The van der Waals surface area contributed by atoms with Crippen molar-refractivity contribution in [1.29, 1.82) is 0 Å². The van der Waals surface area contributed by atoms with Gasteiger partial charge in [-0.05, 0) is 18.9 Å². The fourth-order valence-electron chi connectivity index (χ4n) is 1.68. The van der Waals surface area contributed by atoms with E-state index in [4.69, 9.17) is 0 Å². The number of carbonyl (C=O) groups is 1. The predicted molar refractivity (Wildman–Crippen MR) is 82.3 cm³/mol. The van der Waals surface area contributed by atoms with Gasteiger partial charge in [-0.3, -0.25) is 30.4 Å². The van der Waals surface area contributed by atoms with Gasteiger partial charge in [-0.2, -0.15) is 5.10 Å². The maximum Gasteiger partial charge on any atom is 0.305 e. The summed E-state index contributed by atoms with van der Waals surface area (Å²) in [7, 11) is 1.28. The Morgan fingerprint density at radius 3 is 2.48 bits per heavy atom. The molecule has 0 aliphatic heterocycles. The number of hydrazone groups is 1. The van der Waals surface area contributed by atoms with Crippen molar-refractivity contribution in [2.24, 2.45) is 5.10 Å². The van der Waals surface area contributed by atoms with Gasteiger partial charge in [0.25, 0.3) is 5.69 Å². The molecule has 10 nitrogen and oxygen atoms in total. The maximum absolute atomic E-state index is 11.1. The fourth-order valence-corrected chi connectivity index (χ4v) is 1.68. The van der Waals surface area contributed by atoms with Crippen LogP contribution in [0.4, 0.5) is 17.1 Å². The first-order valence-electron chi connectivity index (χ1n) is 6.70. The molecule has 0 aliphatic carbocycles. The third-order valence-corrected chi connectivity index (χ3v) is 2.98. The lowest BCUT2D eigenvalue weighted by atomic mass is 10.2. The number of nitro benzene ring substituents is 2. The van der Waals surface area contributed by atoms with Crippen molar-refractivity contribution in [3.63, 3.8) is 0 Å². The number of methoxy groups -OCH3 is 1. The topological polar surface area (TPSA) is 137 Å². The van der Waals surface area contributed by atoms with Crippen LogP contribution in [0.15, 0.2) is 23.3 Å². The first-order chi connectivity index (χ1) is 10.9. The van der Waals surface area contributed by atoms with Crippen LogP contribution in [0.2, 0.25) is 0 Å². The highest BCUT2D eigenvalue weighted by Crippen LogP contribution is 2.28. The number of benzene rings is 1. The van der Waals surface area contributed by atoms with E-state index in [0.29, 0.717) is 18.6 Å². The molecule has 0 aromatic heterocycles. The van der Waals surface area contributed by atoms with Gasteiger partial charge < -0.3 is 4.74 Å². The molecule has 1 N–H and O–H groups in total. The van der Waals surface area contributed by atoms with Gasteiger partial charge in [0.2, 0.25) is 0 Å². The molecule has 0 heterocycles. The lowest BCUT2D eigenvalue weighted by Crippen LogP contribution is -2.07. The Kier molecular flexibility index (Phi) is 6.59. The second-order valence-electron chi connectivity index (χ2n) is 4.44. The number of hydrogen-bond acceptors (Lipinski definition) is 8. The Bertz CT molecular complexity index is 643. The van der Waals surface area contributed by atoms with Crippen molar-refractivity contribution in [3.8, 4) is 0 Å². The van der Waals surface area contributed by atoms with Crippen molar-refractivity contribution in [3.05, 3.63) is 38.4 Å². The lowest BCUT2D eigenvalue weighted by molar-refractivity contribution is -0.393. The van der Waals surface area contributed by atoms with Crippen LogP contribution in [0.3, 0.4) is 0 Å². The van der Waals surface area contributed by atoms with E-state index < -0.39 is 15.5 Å². The van der Waals surface area contributed by atoms with Crippen molar-refractivity contribution in [1.82, 2.24) is 0 Å². The number of non-ortho nitro benzene ring substituents is 1. The molecule has 23 heavy (non-hydrogen) atoms. The molecule has 0 saturated carbocycles. The van der Waals surface area contributed by atoms with E-state index in [0.717, 1.165) is 12.1 Å². The molecule has 0 bridgehead atoms. The third-order valence-electron chi connectivity index (χ3n) is 2.98. The summed E-state index contributed by atoms with van der Waals surface area (Å²) in [6, 6.07) is 3.22. The van der Waals surface area contributed by atoms with E-state index in [2.05, 4.69) is 15.3 Å². The van der Waals surface area contributed by atoms with E-state index in [1.165, 1.54) is 13.2 Å². The van der Waals surface area contributed by atoms with Crippen molar-refractivity contribution in [2.45, 2.75) is 26.2 Å². The number of rotatable bonds is 8. The number of nitrogens with one attached hydrogen (secondary N) is 1. The minimum atomic E-state index is -0.731. The zero-order valence-corrected chi connectivity index (χ0v) is 12.6. The number of hydrogen-bond donors (Lipinski definition) is 1. The van der Waals surface area contributed by atoms with Crippen LogP contribution in [0.5, 0.6) is 0 Å². The number of ether oxygens (including phenoxy) is 1. The van der Waals surface area contributed by atoms with Crippen LogP contribution in [-0.4, -0.2) is 28.6 Å². The van der Waals surface area contributed by atoms with Gasteiger partial charge >= 0.3 is 11.7 Å². The average molecular weight is 324 g/mol. The van der Waals surface area contributed by atoms with E-state index in [9.17, 15) is 25.0 Å². The Hall–Kier alpha value is -3.04. The molecule has 0 aliphatic rings. The molecule has 1 aromatic carbocycles. The lowest BCUT2D eigenvalue weighted by Gasteiger charge is -2.06. The minimum absolute atomic E-state index is 0.0321. The summed E-state index contributed by atoms with van der Waals surface area (Å²) in [6.07, 6.45) is 1.02. The summed E-state index contributed by atoms with van der Waals surface area (Å²) in [4.78, 5) is 31.3. The molecule has 0 atom stereocenters. The number of esters is 1. The van der Waals surface area contributed by atoms with Gasteiger partial charge in [0.1, 0.15) is 5.69 Å². The molecule has 1 aromatic rings. The molecular formula is C13H16N4O6. The second-order valence-corrected chi connectivity index (χ2v) is 4.44. The smallest absolute Gasteiger partial charge is 0.305 e. The van der Waals surface area contributed by atoms with E-state index in [-0.39, 0.29) is 23.8 Å². The number of nitrogens with zero attached hydrogens (tertiary/aromatic N) is 3. The number of carbonyl (C=O) groups excluding carboxylic acids is 1. The summed E-state index contributed by atoms with van der Waals surface area (Å²) < 4.78 is 4.53. The van der Waals surface area contributed by atoms with Crippen LogP contribution in [0.25, 0.3) is 0 Å². The van der Waals surface area contributed by atoms with E-state index in [1.54, 1.807) is 0 Å². The molecule has 124 valence electrons. The van der Waals surface area contributed by atoms with Gasteiger partial charge in [-0.25, -0.2) is 0 Å². The monoisotopic (exact) mass is 324 g/mol.